The Balaban J connectivity index is 1.44. The predicted octanol–water partition coefficient (Wildman–Crippen LogP) is 4.54. The summed E-state index contributed by atoms with van der Waals surface area (Å²) in [6, 6.07) is 8.00. The van der Waals surface area contributed by atoms with Gasteiger partial charge in [0.15, 0.2) is 0 Å². The number of nitrogens with zero attached hydrogens (tertiary/aromatic N) is 4. The van der Waals surface area contributed by atoms with Crippen LogP contribution in [0.3, 0.4) is 0 Å². The third-order valence-electron chi connectivity index (χ3n) is 4.93. The Hall–Kier alpha value is -2.74. The molecule has 0 unspecified atom stereocenters. The van der Waals surface area contributed by atoms with E-state index in [1.54, 1.807) is 17.1 Å². The van der Waals surface area contributed by atoms with Gasteiger partial charge in [0, 0.05) is 12.1 Å². The number of hydrogen-bond donors (Lipinski definition) is 1. The zero-order valence-electron chi connectivity index (χ0n) is 15.8. The third kappa shape index (κ3) is 4.32. The van der Waals surface area contributed by atoms with E-state index < -0.39 is 12.1 Å². The van der Waals surface area contributed by atoms with Gasteiger partial charge in [-0.25, -0.2) is 8.78 Å². The minimum absolute atomic E-state index is 0.0265. The summed E-state index contributed by atoms with van der Waals surface area (Å²) in [5, 5.41) is 10.9. The van der Waals surface area contributed by atoms with Crippen LogP contribution in [0.4, 0.5) is 14.5 Å². The monoisotopic (exact) mass is 419 g/mol. The van der Waals surface area contributed by atoms with Gasteiger partial charge in [-0.2, -0.15) is 10.2 Å². The number of halogens is 3. The zero-order chi connectivity index (χ0) is 20.5. The van der Waals surface area contributed by atoms with Crippen molar-refractivity contribution in [3.63, 3.8) is 0 Å². The van der Waals surface area contributed by atoms with Gasteiger partial charge in [0.2, 0.25) is 5.91 Å². The van der Waals surface area contributed by atoms with Crippen LogP contribution in [-0.4, -0.2) is 25.5 Å². The Morgan fingerprint density at radius 1 is 1.34 bits per heavy atom. The van der Waals surface area contributed by atoms with Crippen LogP contribution in [0.15, 0.2) is 36.7 Å². The number of carbonyl (C=O) groups is 1. The molecule has 1 aromatic carbocycles. The number of anilines is 1. The van der Waals surface area contributed by atoms with Crippen molar-refractivity contribution in [2.45, 2.75) is 45.2 Å². The highest BCUT2D eigenvalue weighted by molar-refractivity contribution is 6.32. The zero-order valence-corrected chi connectivity index (χ0v) is 16.5. The van der Waals surface area contributed by atoms with Crippen molar-refractivity contribution in [1.82, 2.24) is 19.6 Å². The second-order valence-electron chi connectivity index (χ2n) is 7.22. The average molecular weight is 420 g/mol. The molecule has 152 valence electrons. The minimum Gasteiger partial charge on any atom is -0.322 e. The van der Waals surface area contributed by atoms with Crippen LogP contribution in [0, 0.1) is 6.92 Å². The molecule has 1 saturated carbocycles. The second-order valence-corrected chi connectivity index (χ2v) is 7.60. The molecule has 1 aliphatic rings. The van der Waals surface area contributed by atoms with Crippen molar-refractivity contribution in [1.29, 1.82) is 0 Å². The average Bonchev–Trinajstić information content (AvgIpc) is 3.32. The highest BCUT2D eigenvalue weighted by atomic mass is 35.5. The number of aryl methyl sites for hydroxylation is 1. The molecular formula is C20H20ClF2N5O. The number of aromatic nitrogens is 4. The first-order valence-corrected chi connectivity index (χ1v) is 9.71. The maximum atomic E-state index is 13.1. The Morgan fingerprint density at radius 3 is 2.79 bits per heavy atom. The lowest BCUT2D eigenvalue weighted by atomic mass is 10.1. The molecule has 0 spiro atoms. The smallest absolute Gasteiger partial charge is 0.283 e. The number of carbonyl (C=O) groups excluding carboxylic acids is 1. The van der Waals surface area contributed by atoms with Crippen LogP contribution >= 0.6 is 11.6 Å². The lowest BCUT2D eigenvalue weighted by Crippen LogP contribution is -2.20. The Morgan fingerprint density at radius 2 is 2.10 bits per heavy atom. The molecule has 1 fully saturated rings. The summed E-state index contributed by atoms with van der Waals surface area (Å²) in [6.45, 7) is 2.43. The maximum absolute atomic E-state index is 13.1. The van der Waals surface area contributed by atoms with Gasteiger partial charge in [-0.05, 0) is 30.9 Å². The van der Waals surface area contributed by atoms with E-state index in [0.29, 0.717) is 17.9 Å². The van der Waals surface area contributed by atoms with Gasteiger partial charge in [0.1, 0.15) is 12.2 Å². The van der Waals surface area contributed by atoms with Gasteiger partial charge >= 0.3 is 0 Å². The molecular weight excluding hydrogens is 400 g/mol. The number of nitrogens with one attached hydrogen (secondary N) is 1. The van der Waals surface area contributed by atoms with Gasteiger partial charge in [-0.1, -0.05) is 35.9 Å². The highest BCUT2D eigenvalue weighted by Crippen LogP contribution is 2.45. The van der Waals surface area contributed by atoms with Crippen molar-refractivity contribution in [2.24, 2.45) is 0 Å². The van der Waals surface area contributed by atoms with Crippen molar-refractivity contribution in [2.75, 3.05) is 5.32 Å². The van der Waals surface area contributed by atoms with Gasteiger partial charge < -0.3 is 5.32 Å². The third-order valence-corrected chi connectivity index (χ3v) is 5.32. The quantitative estimate of drug-likeness (QED) is 0.611. The van der Waals surface area contributed by atoms with Gasteiger partial charge in [0.25, 0.3) is 6.43 Å². The van der Waals surface area contributed by atoms with E-state index in [4.69, 9.17) is 11.6 Å². The summed E-state index contributed by atoms with van der Waals surface area (Å²) >= 11 is 6.09. The lowest BCUT2D eigenvalue weighted by Gasteiger charge is -2.07. The minimum atomic E-state index is -2.77. The summed E-state index contributed by atoms with van der Waals surface area (Å²) in [7, 11) is 0. The molecule has 1 aliphatic carbocycles. The fourth-order valence-corrected chi connectivity index (χ4v) is 3.66. The van der Waals surface area contributed by atoms with Crippen LogP contribution in [0.1, 0.15) is 47.7 Å². The molecule has 0 saturated heterocycles. The van der Waals surface area contributed by atoms with Crippen LogP contribution in [0.25, 0.3) is 0 Å². The molecule has 2 heterocycles. The molecule has 0 atom stereocenters. The van der Waals surface area contributed by atoms with Crippen molar-refractivity contribution < 1.29 is 13.6 Å². The first-order chi connectivity index (χ1) is 13.9. The molecule has 0 radical (unpaired) electrons. The predicted molar refractivity (Wildman–Crippen MR) is 105 cm³/mol. The molecule has 6 nitrogen and oxygen atoms in total. The van der Waals surface area contributed by atoms with Crippen molar-refractivity contribution >= 4 is 23.2 Å². The largest absolute Gasteiger partial charge is 0.322 e. The fraction of sp³-hybridized carbons (Fsp3) is 0.350. The maximum Gasteiger partial charge on any atom is 0.283 e. The number of rotatable bonds is 7. The van der Waals surface area contributed by atoms with E-state index in [1.165, 1.54) is 4.68 Å². The van der Waals surface area contributed by atoms with E-state index in [-0.39, 0.29) is 23.4 Å². The number of hydrogen-bond acceptors (Lipinski definition) is 3. The summed E-state index contributed by atoms with van der Waals surface area (Å²) in [6.07, 6.45) is 2.23. The molecule has 1 amide bonds. The second kappa shape index (κ2) is 7.94. The van der Waals surface area contributed by atoms with Gasteiger partial charge in [0.05, 0.1) is 29.1 Å². The molecule has 1 N–H and O–H groups in total. The fourth-order valence-electron chi connectivity index (χ4n) is 3.29. The first kappa shape index (κ1) is 19.6. The molecule has 0 bridgehead atoms. The first-order valence-electron chi connectivity index (χ1n) is 9.33. The van der Waals surface area contributed by atoms with Crippen LogP contribution in [-0.2, 0) is 17.9 Å². The summed E-state index contributed by atoms with van der Waals surface area (Å²) < 4.78 is 29.3. The summed E-state index contributed by atoms with van der Waals surface area (Å²) in [5.74, 6) is -0.283. The SMILES string of the molecule is Cc1ccccc1Cn1cc(NC(=O)Cn2nc(C(F)F)c(Cl)c2C2CC2)cn1. The molecule has 4 rings (SSSR count). The Kier molecular flexibility index (Phi) is 5.36. The molecule has 29 heavy (non-hydrogen) atoms. The van der Waals surface area contributed by atoms with E-state index in [9.17, 15) is 13.6 Å². The lowest BCUT2D eigenvalue weighted by molar-refractivity contribution is -0.117. The summed E-state index contributed by atoms with van der Waals surface area (Å²) in [5.41, 5.74) is 2.88. The topological polar surface area (TPSA) is 64.7 Å². The number of amides is 1. The highest BCUT2D eigenvalue weighted by Gasteiger charge is 2.34. The number of benzene rings is 1. The van der Waals surface area contributed by atoms with E-state index in [2.05, 4.69) is 15.5 Å². The van der Waals surface area contributed by atoms with Crippen LogP contribution < -0.4 is 5.32 Å². The Bertz CT molecular complexity index is 1040. The summed E-state index contributed by atoms with van der Waals surface area (Å²) in [4.78, 5) is 12.4. The molecule has 3 aromatic rings. The van der Waals surface area contributed by atoms with Crippen molar-refractivity contribution in [3.05, 3.63) is 64.2 Å². The van der Waals surface area contributed by atoms with E-state index in [0.717, 1.165) is 24.0 Å². The molecule has 2 aromatic heterocycles. The van der Waals surface area contributed by atoms with E-state index >= 15 is 0 Å². The standard InChI is InChI=1S/C20H20ClF2N5O/c1-12-4-2-3-5-14(12)9-27-10-15(8-24-27)25-16(29)11-28-19(13-6-7-13)17(21)18(26-28)20(22)23/h2-5,8,10,13,20H,6-7,9,11H2,1H3,(H,25,29). The Labute approximate surface area is 171 Å². The van der Waals surface area contributed by atoms with E-state index in [1.807, 2.05) is 31.2 Å². The van der Waals surface area contributed by atoms with Crippen LogP contribution in [0.5, 0.6) is 0 Å². The molecule has 9 heteroatoms. The van der Waals surface area contributed by atoms with Crippen LogP contribution in [0.2, 0.25) is 5.02 Å². The normalized spacial score (nSPS) is 13.8. The number of alkyl halides is 2. The molecule has 0 aliphatic heterocycles. The van der Waals surface area contributed by atoms with Gasteiger partial charge in [-0.3, -0.25) is 14.2 Å². The van der Waals surface area contributed by atoms with Crippen molar-refractivity contribution in [3.8, 4) is 0 Å². The van der Waals surface area contributed by atoms with Gasteiger partial charge in [-0.15, -0.1) is 0 Å².